The SMILES string of the molecule is CC(C)(C)c1ccc(Nc2cc3c(cc2-c2ccc4c5c6c(ccc5n5c4c2[B]c2cc4c(cc2-5)oc2ccccc24)oc2ccccc26)sc2cc4c(cc23)C(C)(C)CCC4(C)C)cc1. The molecular weight excluding hydrogens is 824 g/mol. The minimum atomic E-state index is 0.0605. The van der Waals surface area contributed by atoms with Crippen molar-refractivity contribution in [3.05, 3.63) is 150 Å². The zero-order valence-corrected chi connectivity index (χ0v) is 39.2. The Labute approximate surface area is 388 Å². The van der Waals surface area contributed by atoms with Crippen molar-refractivity contribution < 1.29 is 8.83 Å². The lowest BCUT2D eigenvalue weighted by molar-refractivity contribution is 0.332. The maximum absolute atomic E-state index is 6.57. The maximum atomic E-state index is 6.57. The molecule has 0 saturated carbocycles. The number of anilines is 2. The molecule has 8 aromatic carbocycles. The Balaban J connectivity index is 1.07. The van der Waals surface area contributed by atoms with Crippen LogP contribution < -0.4 is 16.2 Å². The van der Waals surface area contributed by atoms with Gasteiger partial charge in [-0.05, 0) is 117 Å². The first kappa shape index (κ1) is 38.5. The Morgan fingerprint density at radius 3 is 2.03 bits per heavy atom. The Bertz CT molecular complexity index is 4090. The summed E-state index contributed by atoms with van der Waals surface area (Å²) in [5.41, 5.74) is 18.6. The normalized spacial score (nSPS) is 15.4. The number of aromatic nitrogens is 1. The van der Waals surface area contributed by atoms with Gasteiger partial charge in [0.15, 0.2) is 7.28 Å². The van der Waals surface area contributed by atoms with Crippen LogP contribution in [-0.2, 0) is 16.2 Å². The monoisotopic (exact) mass is 871 g/mol. The average molecular weight is 872 g/mol. The fourth-order valence-electron chi connectivity index (χ4n) is 11.7. The van der Waals surface area contributed by atoms with Crippen molar-refractivity contribution in [3.63, 3.8) is 0 Å². The molecule has 0 spiro atoms. The number of thiophene rings is 1. The van der Waals surface area contributed by atoms with Crippen LogP contribution in [0.1, 0.15) is 78.0 Å². The Hall–Kier alpha value is -6.76. The number of benzene rings is 8. The maximum Gasteiger partial charge on any atom is 0.197 e. The fourth-order valence-corrected chi connectivity index (χ4v) is 12.9. The largest absolute Gasteiger partial charge is 0.456 e. The van der Waals surface area contributed by atoms with Gasteiger partial charge >= 0.3 is 0 Å². The van der Waals surface area contributed by atoms with Crippen molar-refractivity contribution in [1.82, 2.24) is 4.57 Å². The summed E-state index contributed by atoms with van der Waals surface area (Å²) in [6, 6.07) is 49.6. The molecule has 12 aromatic rings. The second kappa shape index (κ2) is 13.0. The molecule has 4 nitrogen and oxygen atoms in total. The lowest BCUT2D eigenvalue weighted by atomic mass is 9.59. The van der Waals surface area contributed by atoms with E-state index in [0.29, 0.717) is 0 Å². The van der Waals surface area contributed by atoms with Crippen LogP contribution in [0.5, 0.6) is 0 Å². The summed E-state index contributed by atoms with van der Waals surface area (Å²) in [6.45, 7) is 16.6. The van der Waals surface area contributed by atoms with E-state index in [2.05, 4.69) is 199 Å². The highest BCUT2D eigenvalue weighted by Crippen LogP contribution is 2.51. The summed E-state index contributed by atoms with van der Waals surface area (Å²) in [6.07, 6.45) is 2.39. The van der Waals surface area contributed by atoms with Gasteiger partial charge in [-0.15, -0.1) is 11.3 Å². The predicted molar refractivity (Wildman–Crippen MR) is 282 cm³/mol. The first-order chi connectivity index (χ1) is 31.8. The minimum Gasteiger partial charge on any atom is -0.456 e. The molecule has 2 aliphatic rings. The Morgan fingerprint density at radius 1 is 0.576 bits per heavy atom. The molecule has 0 unspecified atom stereocenters. The number of furan rings is 2. The van der Waals surface area contributed by atoms with E-state index in [-0.39, 0.29) is 16.2 Å². The topological polar surface area (TPSA) is 43.2 Å². The van der Waals surface area contributed by atoms with Crippen LogP contribution in [0.25, 0.3) is 103 Å². The second-order valence-corrected chi connectivity index (χ2v) is 22.5. The van der Waals surface area contributed by atoms with E-state index in [1.165, 1.54) is 82.6 Å². The summed E-state index contributed by atoms with van der Waals surface area (Å²) in [5, 5.41) is 13.6. The summed E-state index contributed by atoms with van der Waals surface area (Å²) in [4.78, 5) is 0. The van der Waals surface area contributed by atoms with E-state index in [9.17, 15) is 0 Å². The van der Waals surface area contributed by atoms with Crippen LogP contribution in [0, 0.1) is 0 Å². The number of rotatable bonds is 3. The summed E-state index contributed by atoms with van der Waals surface area (Å²) >= 11 is 1.93. The van der Waals surface area contributed by atoms with Crippen molar-refractivity contribution in [3.8, 4) is 16.8 Å². The average Bonchev–Trinajstić information content (AvgIpc) is 4.06. The van der Waals surface area contributed by atoms with Gasteiger partial charge in [0.2, 0.25) is 0 Å². The standard InChI is InChI=1S/C60H48BN2O2S/c1-58(2,3)32-16-18-33(19-17-32)62-45-28-41-40-26-42-43(60(6,7)25-24-59(42,4)5)30-53(40)66-52(41)29-38(45)35-20-21-37-54-46(22-23-50-55(54)36-13-9-11-15-49(36)64-50)63-47-31-51-39(27-44(47)61-56(35)57(37)63)34-12-8-10-14-48(34)65-51/h8-23,26-31,62H,24-25H2,1-7H3. The molecule has 1 radical (unpaired) electrons. The number of para-hydroxylation sites is 2. The smallest absolute Gasteiger partial charge is 0.197 e. The summed E-state index contributed by atoms with van der Waals surface area (Å²) in [5.74, 6) is 0. The number of fused-ring (bicyclic) bond motifs is 16. The highest BCUT2D eigenvalue weighted by atomic mass is 32.1. The molecule has 1 N–H and O–H groups in total. The van der Waals surface area contributed by atoms with E-state index in [1.807, 2.05) is 11.3 Å². The van der Waals surface area contributed by atoms with Gasteiger partial charge in [0.05, 0.1) is 5.52 Å². The minimum absolute atomic E-state index is 0.0605. The van der Waals surface area contributed by atoms with E-state index < -0.39 is 0 Å². The lowest BCUT2D eigenvalue weighted by Crippen LogP contribution is -2.37. The Kier molecular flexibility index (Phi) is 7.58. The molecule has 6 heteroatoms. The fraction of sp³-hybridized carbons (Fsp3) is 0.200. The highest BCUT2D eigenvalue weighted by molar-refractivity contribution is 7.25. The number of hydrogen-bond acceptors (Lipinski definition) is 4. The second-order valence-electron chi connectivity index (χ2n) is 21.4. The van der Waals surface area contributed by atoms with Crippen LogP contribution in [0.15, 0.2) is 142 Å². The molecule has 0 fully saturated rings. The number of nitrogens with one attached hydrogen (secondary N) is 1. The van der Waals surface area contributed by atoms with Gasteiger partial charge < -0.3 is 18.7 Å². The van der Waals surface area contributed by atoms with E-state index in [1.54, 1.807) is 0 Å². The van der Waals surface area contributed by atoms with Crippen LogP contribution in [0.4, 0.5) is 11.4 Å². The van der Waals surface area contributed by atoms with Crippen LogP contribution in [-0.4, -0.2) is 11.8 Å². The molecule has 319 valence electrons. The van der Waals surface area contributed by atoms with Gasteiger partial charge in [0.1, 0.15) is 22.3 Å². The van der Waals surface area contributed by atoms with Crippen molar-refractivity contribution in [2.45, 2.75) is 77.6 Å². The van der Waals surface area contributed by atoms with Gasteiger partial charge in [0, 0.05) is 86.7 Å². The third kappa shape index (κ3) is 5.33. The van der Waals surface area contributed by atoms with Crippen molar-refractivity contribution in [2.75, 3.05) is 5.32 Å². The van der Waals surface area contributed by atoms with Gasteiger partial charge in [-0.2, -0.15) is 0 Å². The van der Waals surface area contributed by atoms with Crippen molar-refractivity contribution in [2.24, 2.45) is 0 Å². The number of hydrogen-bond donors (Lipinski definition) is 1. The molecule has 1 aliphatic carbocycles. The highest BCUT2D eigenvalue weighted by Gasteiger charge is 2.38. The van der Waals surface area contributed by atoms with Crippen LogP contribution >= 0.6 is 11.3 Å². The van der Waals surface area contributed by atoms with Gasteiger partial charge in [-0.1, -0.05) is 121 Å². The molecule has 1 aliphatic heterocycles. The van der Waals surface area contributed by atoms with Crippen molar-refractivity contribution >= 4 is 127 Å². The van der Waals surface area contributed by atoms with Crippen LogP contribution in [0.3, 0.4) is 0 Å². The van der Waals surface area contributed by atoms with E-state index in [0.717, 1.165) is 71.9 Å². The quantitative estimate of drug-likeness (QED) is 0.180. The van der Waals surface area contributed by atoms with Gasteiger partial charge in [-0.3, -0.25) is 0 Å². The van der Waals surface area contributed by atoms with Crippen molar-refractivity contribution in [1.29, 1.82) is 0 Å². The van der Waals surface area contributed by atoms with E-state index >= 15 is 0 Å². The molecule has 0 bridgehead atoms. The first-order valence-electron chi connectivity index (χ1n) is 23.4. The molecule has 5 heterocycles. The third-order valence-electron chi connectivity index (χ3n) is 15.4. The number of nitrogens with zero attached hydrogens (tertiary/aromatic N) is 1. The summed E-state index contributed by atoms with van der Waals surface area (Å²) in [7, 11) is 2.44. The molecule has 4 aromatic heterocycles. The molecular formula is C60H48BN2O2S. The van der Waals surface area contributed by atoms with Crippen LogP contribution in [0.2, 0.25) is 0 Å². The molecule has 0 amide bonds. The molecule has 0 atom stereocenters. The predicted octanol–water partition coefficient (Wildman–Crippen LogP) is 16.0. The molecule has 14 rings (SSSR count). The zero-order valence-electron chi connectivity index (χ0n) is 38.4. The molecule has 66 heavy (non-hydrogen) atoms. The van der Waals surface area contributed by atoms with Gasteiger partial charge in [-0.25, -0.2) is 0 Å². The first-order valence-corrected chi connectivity index (χ1v) is 24.3. The van der Waals surface area contributed by atoms with Gasteiger partial charge in [0.25, 0.3) is 0 Å². The lowest BCUT2D eigenvalue weighted by Gasteiger charge is -2.41. The summed E-state index contributed by atoms with van der Waals surface area (Å²) < 4.78 is 18.3. The molecule has 0 saturated heterocycles. The third-order valence-corrected chi connectivity index (χ3v) is 16.6. The van der Waals surface area contributed by atoms with E-state index in [4.69, 9.17) is 8.83 Å². The Morgan fingerprint density at radius 2 is 1.26 bits per heavy atom. The zero-order chi connectivity index (χ0) is 44.6.